The molecule has 0 N–H and O–H groups in total. The number of fused-ring (bicyclic) bond motifs is 1. The van der Waals surface area contributed by atoms with Gasteiger partial charge in [-0.15, -0.1) is 0 Å². The van der Waals surface area contributed by atoms with Crippen LogP contribution in [-0.2, 0) is 6.61 Å². The zero-order valence-electron chi connectivity index (χ0n) is 15.8. The van der Waals surface area contributed by atoms with Crippen LogP contribution in [0.2, 0.25) is 0 Å². The number of benzene rings is 2. The molecule has 2 heterocycles. The average Bonchev–Trinajstić information content (AvgIpc) is 3.41. The molecule has 2 aromatic heterocycles. The van der Waals surface area contributed by atoms with Gasteiger partial charge in [0.1, 0.15) is 18.2 Å². The monoisotopic (exact) mass is 369 g/mol. The summed E-state index contributed by atoms with van der Waals surface area (Å²) in [6.45, 7) is 0.559. The SMILES string of the molecule is c1ccc(COc2cccc(-c3nc(C4CCCC4)c4cnccn34)c2)cc1. The van der Waals surface area contributed by atoms with Gasteiger partial charge in [-0.2, -0.15) is 0 Å². The Balaban J connectivity index is 1.48. The first-order valence-electron chi connectivity index (χ1n) is 9.97. The van der Waals surface area contributed by atoms with Crippen LogP contribution in [0, 0.1) is 0 Å². The molecule has 0 radical (unpaired) electrons. The largest absolute Gasteiger partial charge is 0.489 e. The normalized spacial score (nSPS) is 14.6. The molecule has 0 amide bonds. The van der Waals surface area contributed by atoms with Crippen molar-refractivity contribution in [3.63, 3.8) is 0 Å². The lowest BCUT2D eigenvalue weighted by molar-refractivity contribution is 0.306. The maximum Gasteiger partial charge on any atom is 0.145 e. The molecule has 0 unspecified atom stereocenters. The van der Waals surface area contributed by atoms with E-state index in [-0.39, 0.29) is 0 Å². The quantitative estimate of drug-likeness (QED) is 0.457. The summed E-state index contributed by atoms with van der Waals surface area (Å²) in [5, 5.41) is 0. The number of imidazole rings is 1. The molecule has 2 aromatic carbocycles. The third-order valence-corrected chi connectivity index (χ3v) is 5.56. The minimum atomic E-state index is 0.547. The van der Waals surface area contributed by atoms with Gasteiger partial charge < -0.3 is 4.74 Å². The predicted molar refractivity (Wildman–Crippen MR) is 110 cm³/mol. The molecule has 4 aromatic rings. The molecule has 4 heteroatoms. The molecule has 1 fully saturated rings. The Kier molecular flexibility index (Phi) is 4.53. The van der Waals surface area contributed by atoms with Crippen molar-refractivity contribution in [3.05, 3.63) is 84.4 Å². The lowest BCUT2D eigenvalue weighted by atomic mass is 10.0. The van der Waals surface area contributed by atoms with E-state index in [0.717, 1.165) is 28.2 Å². The highest BCUT2D eigenvalue weighted by Gasteiger charge is 2.24. The van der Waals surface area contributed by atoms with Gasteiger partial charge in [0.25, 0.3) is 0 Å². The van der Waals surface area contributed by atoms with Crippen molar-refractivity contribution in [2.45, 2.75) is 38.2 Å². The summed E-state index contributed by atoms with van der Waals surface area (Å²) in [5.41, 5.74) is 4.54. The Labute approximate surface area is 164 Å². The van der Waals surface area contributed by atoms with E-state index in [1.807, 2.05) is 48.9 Å². The first kappa shape index (κ1) is 17.0. The Morgan fingerprint density at radius 2 is 1.86 bits per heavy atom. The van der Waals surface area contributed by atoms with Crippen molar-refractivity contribution in [2.75, 3.05) is 0 Å². The summed E-state index contributed by atoms with van der Waals surface area (Å²) < 4.78 is 8.19. The van der Waals surface area contributed by atoms with Gasteiger partial charge in [-0.1, -0.05) is 55.3 Å². The molecule has 140 valence electrons. The fraction of sp³-hybridized carbons (Fsp3) is 0.250. The Bertz CT molecular complexity index is 1080. The molecule has 0 spiro atoms. The fourth-order valence-electron chi connectivity index (χ4n) is 4.13. The van der Waals surface area contributed by atoms with Gasteiger partial charge in [-0.3, -0.25) is 9.38 Å². The summed E-state index contributed by atoms with van der Waals surface area (Å²) in [6, 6.07) is 18.5. The van der Waals surface area contributed by atoms with Gasteiger partial charge in [-0.05, 0) is 30.5 Å². The molecule has 0 saturated heterocycles. The van der Waals surface area contributed by atoms with Crippen molar-refractivity contribution in [2.24, 2.45) is 0 Å². The van der Waals surface area contributed by atoms with Crippen LogP contribution in [0.15, 0.2) is 73.2 Å². The average molecular weight is 369 g/mol. The van der Waals surface area contributed by atoms with Gasteiger partial charge in [0.05, 0.1) is 17.4 Å². The molecule has 5 rings (SSSR count). The first-order valence-corrected chi connectivity index (χ1v) is 9.97. The first-order chi connectivity index (χ1) is 13.9. The van der Waals surface area contributed by atoms with Crippen LogP contribution < -0.4 is 4.74 Å². The third-order valence-electron chi connectivity index (χ3n) is 5.56. The molecular weight excluding hydrogens is 346 g/mol. The van der Waals surface area contributed by atoms with E-state index in [1.165, 1.54) is 31.4 Å². The van der Waals surface area contributed by atoms with Gasteiger partial charge in [0, 0.05) is 23.9 Å². The third kappa shape index (κ3) is 3.26. The zero-order valence-corrected chi connectivity index (χ0v) is 15.8. The van der Waals surface area contributed by atoms with Gasteiger partial charge in [-0.25, -0.2) is 4.98 Å². The molecule has 0 atom stereocenters. The highest BCUT2D eigenvalue weighted by atomic mass is 16.5. The van der Waals surface area contributed by atoms with Gasteiger partial charge in [0.2, 0.25) is 0 Å². The molecule has 28 heavy (non-hydrogen) atoms. The van der Waals surface area contributed by atoms with Crippen LogP contribution in [-0.4, -0.2) is 14.4 Å². The van der Waals surface area contributed by atoms with E-state index in [9.17, 15) is 0 Å². The van der Waals surface area contributed by atoms with Gasteiger partial charge in [0.15, 0.2) is 0 Å². The van der Waals surface area contributed by atoms with Crippen LogP contribution in [0.4, 0.5) is 0 Å². The van der Waals surface area contributed by atoms with Crippen LogP contribution in [0.1, 0.15) is 42.9 Å². The summed E-state index contributed by atoms with van der Waals surface area (Å²) in [7, 11) is 0. The van der Waals surface area contributed by atoms with Gasteiger partial charge >= 0.3 is 0 Å². The van der Waals surface area contributed by atoms with E-state index in [4.69, 9.17) is 9.72 Å². The number of ether oxygens (including phenoxy) is 1. The number of hydrogen-bond acceptors (Lipinski definition) is 3. The molecule has 1 saturated carbocycles. The highest BCUT2D eigenvalue weighted by molar-refractivity contribution is 5.66. The Hall–Kier alpha value is -3.14. The second-order valence-electron chi connectivity index (χ2n) is 7.44. The van der Waals surface area contributed by atoms with Crippen molar-refractivity contribution in [3.8, 4) is 17.1 Å². The van der Waals surface area contributed by atoms with Crippen molar-refractivity contribution < 1.29 is 4.74 Å². The lowest BCUT2D eigenvalue weighted by Gasteiger charge is -2.08. The maximum atomic E-state index is 6.02. The smallest absolute Gasteiger partial charge is 0.145 e. The molecule has 1 aliphatic carbocycles. The van der Waals surface area contributed by atoms with Crippen molar-refractivity contribution in [1.82, 2.24) is 14.4 Å². The molecule has 4 nitrogen and oxygen atoms in total. The molecule has 0 bridgehead atoms. The minimum Gasteiger partial charge on any atom is -0.489 e. The van der Waals surface area contributed by atoms with Crippen LogP contribution in [0.25, 0.3) is 16.9 Å². The van der Waals surface area contributed by atoms with Crippen molar-refractivity contribution in [1.29, 1.82) is 0 Å². The van der Waals surface area contributed by atoms with E-state index < -0.39 is 0 Å². The lowest BCUT2D eigenvalue weighted by Crippen LogP contribution is -1.96. The van der Waals surface area contributed by atoms with Crippen LogP contribution in [0.3, 0.4) is 0 Å². The summed E-state index contributed by atoms with van der Waals surface area (Å²) in [6.07, 6.45) is 10.8. The van der Waals surface area contributed by atoms with E-state index in [0.29, 0.717) is 12.5 Å². The van der Waals surface area contributed by atoms with Crippen LogP contribution in [0.5, 0.6) is 5.75 Å². The predicted octanol–water partition coefficient (Wildman–Crippen LogP) is 5.63. The topological polar surface area (TPSA) is 39.4 Å². The highest BCUT2D eigenvalue weighted by Crippen LogP contribution is 2.37. The van der Waals surface area contributed by atoms with Crippen molar-refractivity contribution >= 4 is 5.52 Å². The number of aromatic nitrogens is 3. The standard InChI is InChI=1S/C24H23N3O/c1-2-7-18(8-3-1)17-28-21-12-6-11-20(15-21)24-26-23(19-9-4-5-10-19)22-16-25-13-14-27(22)24/h1-3,6-8,11-16,19H,4-5,9-10,17H2. The van der Waals surface area contributed by atoms with Crippen LogP contribution >= 0.6 is 0 Å². The maximum absolute atomic E-state index is 6.02. The molecule has 1 aliphatic rings. The van der Waals surface area contributed by atoms with E-state index in [1.54, 1.807) is 0 Å². The Morgan fingerprint density at radius 3 is 2.71 bits per heavy atom. The summed E-state index contributed by atoms with van der Waals surface area (Å²) >= 11 is 0. The summed E-state index contributed by atoms with van der Waals surface area (Å²) in [5.74, 6) is 2.37. The number of nitrogens with zero attached hydrogens (tertiary/aromatic N) is 3. The zero-order chi connectivity index (χ0) is 18.8. The van der Waals surface area contributed by atoms with E-state index in [2.05, 4.69) is 33.7 Å². The second kappa shape index (κ2) is 7.47. The fourth-order valence-corrected chi connectivity index (χ4v) is 4.13. The number of rotatable bonds is 5. The van der Waals surface area contributed by atoms with E-state index >= 15 is 0 Å². The Morgan fingerprint density at radius 1 is 1.00 bits per heavy atom. The molecule has 0 aliphatic heterocycles. The summed E-state index contributed by atoms with van der Waals surface area (Å²) in [4.78, 5) is 9.42. The molecular formula is C24H23N3O. The minimum absolute atomic E-state index is 0.547. The number of hydrogen-bond donors (Lipinski definition) is 0. The second-order valence-corrected chi connectivity index (χ2v) is 7.44.